The molecule has 0 saturated carbocycles. The van der Waals surface area contributed by atoms with Gasteiger partial charge in [-0.25, -0.2) is 4.98 Å². The first kappa shape index (κ1) is 20.3. The van der Waals surface area contributed by atoms with Crippen LogP contribution in [0.5, 0.6) is 0 Å². The zero-order valence-corrected chi connectivity index (χ0v) is 16.6. The van der Waals surface area contributed by atoms with Gasteiger partial charge in [0, 0.05) is 30.3 Å². The monoisotopic (exact) mass is 373 g/mol. The van der Waals surface area contributed by atoms with E-state index in [1.54, 1.807) is 11.3 Å². The molecular formula is C20H27N3O2S. The third-order valence-electron chi connectivity index (χ3n) is 4.34. The fourth-order valence-electron chi connectivity index (χ4n) is 2.69. The van der Waals surface area contributed by atoms with Crippen LogP contribution in [-0.4, -0.2) is 34.7 Å². The number of thiazole rings is 1. The number of nitrogens with zero attached hydrogens (tertiary/aromatic N) is 2. The fraction of sp³-hybridized carbons (Fsp3) is 0.450. The molecule has 0 aliphatic heterocycles. The summed E-state index contributed by atoms with van der Waals surface area (Å²) in [5.41, 5.74) is 2.68. The SMILES string of the molecule is CCN(CC)Cc1csc(CNC(=O)CCC(=O)c2ccccc2C)n1. The van der Waals surface area contributed by atoms with E-state index < -0.39 is 0 Å². The van der Waals surface area contributed by atoms with Crippen molar-refractivity contribution in [2.75, 3.05) is 13.1 Å². The summed E-state index contributed by atoms with van der Waals surface area (Å²) in [6, 6.07) is 7.47. The number of benzene rings is 1. The van der Waals surface area contributed by atoms with E-state index in [-0.39, 0.29) is 24.5 Å². The molecule has 1 N–H and O–H groups in total. The van der Waals surface area contributed by atoms with E-state index in [1.165, 1.54) is 0 Å². The van der Waals surface area contributed by atoms with Gasteiger partial charge >= 0.3 is 0 Å². The van der Waals surface area contributed by atoms with E-state index in [9.17, 15) is 9.59 Å². The van der Waals surface area contributed by atoms with E-state index in [2.05, 4.69) is 29.0 Å². The van der Waals surface area contributed by atoms with Gasteiger partial charge in [0.15, 0.2) is 5.78 Å². The molecule has 0 unspecified atom stereocenters. The van der Waals surface area contributed by atoms with Crippen molar-refractivity contribution in [3.05, 3.63) is 51.5 Å². The molecule has 0 atom stereocenters. The summed E-state index contributed by atoms with van der Waals surface area (Å²) in [6.07, 6.45) is 0.423. The van der Waals surface area contributed by atoms with Crippen molar-refractivity contribution in [2.45, 2.75) is 46.7 Å². The first-order valence-corrected chi connectivity index (χ1v) is 9.92. The number of aromatic nitrogens is 1. The van der Waals surface area contributed by atoms with Crippen molar-refractivity contribution >= 4 is 23.0 Å². The van der Waals surface area contributed by atoms with Crippen LogP contribution in [0, 0.1) is 6.92 Å². The standard InChI is InChI=1S/C20H27N3O2S/c1-4-23(5-2)13-16-14-26-20(22-16)12-21-19(25)11-10-18(24)17-9-7-6-8-15(17)3/h6-9,14H,4-5,10-13H2,1-3H3,(H,21,25). The van der Waals surface area contributed by atoms with Crippen LogP contribution in [0.1, 0.15) is 53.3 Å². The Labute approximate surface area is 159 Å². The van der Waals surface area contributed by atoms with Crippen LogP contribution in [0.15, 0.2) is 29.6 Å². The molecule has 0 saturated heterocycles. The van der Waals surface area contributed by atoms with Gasteiger partial charge in [-0.3, -0.25) is 14.5 Å². The van der Waals surface area contributed by atoms with Crippen LogP contribution in [0.2, 0.25) is 0 Å². The minimum absolute atomic E-state index is 0.00834. The molecule has 0 aliphatic carbocycles. The first-order chi connectivity index (χ1) is 12.5. The average Bonchev–Trinajstić information content (AvgIpc) is 3.10. The second-order valence-electron chi connectivity index (χ2n) is 6.21. The minimum atomic E-state index is -0.118. The Hall–Kier alpha value is -2.05. The van der Waals surface area contributed by atoms with Gasteiger partial charge in [-0.05, 0) is 25.6 Å². The van der Waals surface area contributed by atoms with Crippen LogP contribution in [-0.2, 0) is 17.9 Å². The maximum absolute atomic E-state index is 12.2. The maximum Gasteiger partial charge on any atom is 0.220 e. The van der Waals surface area contributed by atoms with Gasteiger partial charge in [0.05, 0.1) is 12.2 Å². The number of aryl methyl sites for hydroxylation is 1. The van der Waals surface area contributed by atoms with E-state index in [4.69, 9.17) is 0 Å². The van der Waals surface area contributed by atoms with Crippen molar-refractivity contribution in [3.63, 3.8) is 0 Å². The summed E-state index contributed by atoms with van der Waals surface area (Å²) in [5.74, 6) is -0.110. The Morgan fingerprint density at radius 2 is 1.88 bits per heavy atom. The third kappa shape index (κ3) is 6.04. The predicted octanol–water partition coefficient (Wildman–Crippen LogP) is 3.57. The van der Waals surface area contributed by atoms with Gasteiger partial charge in [-0.15, -0.1) is 11.3 Å². The van der Waals surface area contributed by atoms with Crippen molar-refractivity contribution in [1.29, 1.82) is 0 Å². The zero-order chi connectivity index (χ0) is 18.9. The van der Waals surface area contributed by atoms with Gasteiger partial charge in [-0.2, -0.15) is 0 Å². The molecule has 0 fully saturated rings. The molecule has 0 spiro atoms. The predicted molar refractivity (Wildman–Crippen MR) is 105 cm³/mol. The highest BCUT2D eigenvalue weighted by atomic mass is 32.1. The van der Waals surface area contributed by atoms with Gasteiger partial charge in [0.1, 0.15) is 5.01 Å². The molecule has 2 rings (SSSR count). The number of amides is 1. The number of carbonyl (C=O) groups is 2. The lowest BCUT2D eigenvalue weighted by atomic mass is 10.0. The van der Waals surface area contributed by atoms with E-state index in [0.29, 0.717) is 12.1 Å². The van der Waals surface area contributed by atoms with Gasteiger partial charge in [0.2, 0.25) is 5.91 Å². The molecule has 6 heteroatoms. The largest absolute Gasteiger partial charge is 0.350 e. The topological polar surface area (TPSA) is 62.3 Å². The summed E-state index contributed by atoms with van der Waals surface area (Å²) in [5, 5.41) is 5.80. The molecular weight excluding hydrogens is 346 g/mol. The molecule has 0 radical (unpaired) electrons. The second-order valence-corrected chi connectivity index (χ2v) is 7.15. The van der Waals surface area contributed by atoms with Crippen molar-refractivity contribution in [3.8, 4) is 0 Å². The van der Waals surface area contributed by atoms with Crippen LogP contribution in [0.3, 0.4) is 0 Å². The van der Waals surface area contributed by atoms with E-state index >= 15 is 0 Å². The number of carbonyl (C=O) groups excluding carboxylic acids is 2. The molecule has 1 amide bonds. The Kier molecular flexibility index (Phi) is 7.94. The summed E-state index contributed by atoms with van der Waals surface area (Å²) in [6.45, 7) is 9.42. The molecule has 1 aromatic carbocycles. The van der Waals surface area contributed by atoms with Crippen LogP contribution < -0.4 is 5.32 Å². The number of hydrogen-bond donors (Lipinski definition) is 1. The lowest BCUT2D eigenvalue weighted by Crippen LogP contribution is -2.24. The lowest BCUT2D eigenvalue weighted by Gasteiger charge is -2.15. The minimum Gasteiger partial charge on any atom is -0.350 e. The quantitative estimate of drug-likeness (QED) is 0.647. The highest BCUT2D eigenvalue weighted by Crippen LogP contribution is 2.13. The van der Waals surface area contributed by atoms with Crippen LogP contribution >= 0.6 is 11.3 Å². The molecule has 0 bridgehead atoms. The summed E-state index contributed by atoms with van der Waals surface area (Å²) in [4.78, 5) is 31.1. The normalized spacial score (nSPS) is 10.9. The average molecular weight is 374 g/mol. The molecule has 1 heterocycles. The maximum atomic E-state index is 12.2. The number of Topliss-reactive ketones (excluding diaryl/α,β-unsaturated/α-hetero) is 1. The van der Waals surface area contributed by atoms with Gasteiger partial charge in [0.25, 0.3) is 0 Å². The summed E-state index contributed by atoms with van der Waals surface area (Å²) >= 11 is 1.56. The molecule has 0 aliphatic rings. The number of hydrogen-bond acceptors (Lipinski definition) is 5. The number of ketones is 1. The van der Waals surface area contributed by atoms with E-state index in [1.807, 2.05) is 36.6 Å². The highest BCUT2D eigenvalue weighted by Gasteiger charge is 2.12. The van der Waals surface area contributed by atoms with Crippen molar-refractivity contribution in [1.82, 2.24) is 15.2 Å². The van der Waals surface area contributed by atoms with Gasteiger partial charge in [-0.1, -0.05) is 38.1 Å². The summed E-state index contributed by atoms with van der Waals surface area (Å²) in [7, 11) is 0. The Balaban J connectivity index is 1.76. The molecule has 2 aromatic rings. The number of nitrogens with one attached hydrogen (secondary N) is 1. The molecule has 5 nitrogen and oxygen atoms in total. The highest BCUT2D eigenvalue weighted by molar-refractivity contribution is 7.09. The Morgan fingerprint density at radius 3 is 2.58 bits per heavy atom. The van der Waals surface area contributed by atoms with Crippen molar-refractivity contribution in [2.24, 2.45) is 0 Å². The Bertz CT molecular complexity index is 738. The number of rotatable bonds is 10. The molecule has 140 valence electrons. The van der Waals surface area contributed by atoms with E-state index in [0.717, 1.165) is 35.9 Å². The lowest BCUT2D eigenvalue weighted by molar-refractivity contribution is -0.121. The fourth-order valence-corrected chi connectivity index (χ4v) is 3.41. The molecule has 26 heavy (non-hydrogen) atoms. The summed E-state index contributed by atoms with van der Waals surface area (Å²) < 4.78 is 0. The molecule has 1 aromatic heterocycles. The Morgan fingerprint density at radius 1 is 1.15 bits per heavy atom. The first-order valence-electron chi connectivity index (χ1n) is 9.04. The second kappa shape index (κ2) is 10.2. The third-order valence-corrected chi connectivity index (χ3v) is 5.24. The van der Waals surface area contributed by atoms with Gasteiger partial charge < -0.3 is 5.32 Å². The van der Waals surface area contributed by atoms with Crippen LogP contribution in [0.4, 0.5) is 0 Å². The van der Waals surface area contributed by atoms with Crippen LogP contribution in [0.25, 0.3) is 0 Å². The van der Waals surface area contributed by atoms with Crippen molar-refractivity contribution < 1.29 is 9.59 Å². The smallest absolute Gasteiger partial charge is 0.220 e. The zero-order valence-electron chi connectivity index (χ0n) is 15.7.